The van der Waals surface area contributed by atoms with Crippen LogP contribution in [-0.2, 0) is 6.42 Å². The van der Waals surface area contributed by atoms with Crippen molar-refractivity contribution < 1.29 is 17.7 Å². The molecule has 0 atom stereocenters. The number of hydrogen-bond acceptors (Lipinski definition) is 1. The Hall–Kier alpha value is -1.39. The van der Waals surface area contributed by atoms with E-state index in [0.717, 1.165) is 18.4 Å². The second kappa shape index (κ2) is 5.80. The van der Waals surface area contributed by atoms with Gasteiger partial charge in [-0.3, -0.25) is 0 Å². The van der Waals surface area contributed by atoms with Gasteiger partial charge in [-0.15, -0.1) is 12.1 Å². The third-order valence-corrected chi connectivity index (χ3v) is 2.35. The summed E-state index contributed by atoms with van der Waals surface area (Å²) in [5.74, 6) is 0.436. The third-order valence-electron chi connectivity index (χ3n) is 2.35. The fourth-order valence-electron chi connectivity index (χ4n) is 1.31. The van der Waals surface area contributed by atoms with Crippen LogP contribution in [0.4, 0.5) is 12.9 Å². The van der Waals surface area contributed by atoms with Crippen LogP contribution in [0.25, 0.3) is 0 Å². The van der Waals surface area contributed by atoms with Crippen molar-refractivity contribution in [3.8, 4) is 5.75 Å². The monoisotopic (exact) mass is 243 g/mol. The van der Waals surface area contributed by atoms with E-state index >= 15 is 0 Å². The van der Waals surface area contributed by atoms with Crippen LogP contribution in [0.2, 0.25) is 0 Å². The first-order valence-corrected chi connectivity index (χ1v) is 5.53. The smallest absolute Gasteiger partial charge is 0.492 e. The number of hydrogen-bond donors (Lipinski definition) is 0. The highest BCUT2D eigenvalue weighted by atomic mass is 19.4. The average molecular weight is 243 g/mol. The first-order chi connectivity index (χ1) is 7.93. The van der Waals surface area contributed by atoms with Gasteiger partial charge < -0.3 is 17.7 Å². The molecule has 94 valence electrons. The minimum Gasteiger partial charge on any atom is -0.492 e. The molecule has 1 rings (SSSR count). The van der Waals surface area contributed by atoms with Gasteiger partial charge in [-0.25, -0.2) is 0 Å². The van der Waals surface area contributed by atoms with Gasteiger partial charge in [0.2, 0.25) is 0 Å². The van der Waals surface area contributed by atoms with E-state index in [1.165, 1.54) is 0 Å². The van der Waals surface area contributed by atoms with Gasteiger partial charge in [-0.05, 0) is 24.1 Å². The summed E-state index contributed by atoms with van der Waals surface area (Å²) in [5.41, 5.74) is 0.335. The van der Waals surface area contributed by atoms with E-state index in [-0.39, 0.29) is 0 Å². The topological polar surface area (TPSA) is 9.23 Å². The maximum absolute atomic E-state index is 12.2. The van der Waals surface area contributed by atoms with Crippen molar-refractivity contribution in [1.82, 2.24) is 0 Å². The molecule has 0 saturated heterocycles. The zero-order valence-corrected chi connectivity index (χ0v) is 9.76. The number of benzene rings is 1. The number of halogens is 3. The van der Waals surface area contributed by atoms with Crippen LogP contribution in [0.3, 0.4) is 0 Å². The first kappa shape index (κ1) is 13.7. The van der Waals surface area contributed by atoms with Crippen molar-refractivity contribution in [2.45, 2.75) is 19.8 Å². The molecular weight excluding hydrogens is 228 g/mol. The van der Waals surface area contributed by atoms with Crippen molar-refractivity contribution in [3.05, 3.63) is 41.9 Å². The number of ether oxygens (including phenoxy) is 1. The van der Waals surface area contributed by atoms with E-state index in [1.807, 2.05) is 12.1 Å². The molecule has 0 aliphatic carbocycles. The molecule has 0 unspecified atom stereocenters. The molecule has 0 heterocycles. The average Bonchev–Trinajstić information content (AvgIpc) is 2.27. The van der Waals surface area contributed by atoms with Gasteiger partial charge in [-0.2, -0.15) is 0 Å². The highest BCUT2D eigenvalue weighted by Gasteiger charge is 2.26. The standard InChI is InChI=1S/C12H15BF3O/c1-3-4-11-5-7-12(8-6-11)17-9-10(2)13(14,15)16/h5-8H,2-4,9H2,1H3/q-1. The molecule has 1 aromatic carbocycles. The van der Waals surface area contributed by atoms with Gasteiger partial charge in [0, 0.05) is 0 Å². The predicted molar refractivity (Wildman–Crippen MR) is 64.2 cm³/mol. The van der Waals surface area contributed by atoms with Crippen molar-refractivity contribution >= 4 is 6.98 Å². The summed E-state index contributed by atoms with van der Waals surface area (Å²) in [5, 5.41) is 0. The maximum atomic E-state index is 12.2. The number of rotatable bonds is 6. The van der Waals surface area contributed by atoms with Crippen LogP contribution >= 0.6 is 0 Å². The van der Waals surface area contributed by atoms with Crippen molar-refractivity contribution in [1.29, 1.82) is 0 Å². The Morgan fingerprint density at radius 1 is 1.24 bits per heavy atom. The van der Waals surface area contributed by atoms with Crippen LogP contribution in [-0.4, -0.2) is 13.6 Å². The highest BCUT2D eigenvalue weighted by molar-refractivity contribution is 6.66. The largest absolute Gasteiger partial charge is 0.508 e. The molecule has 0 aliphatic rings. The summed E-state index contributed by atoms with van der Waals surface area (Å²) >= 11 is 0. The third kappa shape index (κ3) is 4.55. The molecule has 0 radical (unpaired) electrons. The molecule has 1 aromatic rings. The van der Waals surface area contributed by atoms with E-state index < -0.39 is 19.1 Å². The molecule has 1 nitrogen and oxygen atoms in total. The lowest BCUT2D eigenvalue weighted by atomic mass is 9.81. The molecule has 0 aliphatic heterocycles. The number of aryl methyl sites for hydroxylation is 1. The maximum Gasteiger partial charge on any atom is 0.508 e. The fraction of sp³-hybridized carbons (Fsp3) is 0.333. The van der Waals surface area contributed by atoms with Gasteiger partial charge in [0.1, 0.15) is 5.75 Å². The Morgan fingerprint density at radius 2 is 1.82 bits per heavy atom. The summed E-state index contributed by atoms with van der Waals surface area (Å²) in [6.45, 7) is -0.472. The zero-order chi connectivity index (χ0) is 12.9. The summed E-state index contributed by atoms with van der Waals surface area (Å²) < 4.78 is 41.6. The lowest BCUT2D eigenvalue weighted by Gasteiger charge is -2.18. The van der Waals surface area contributed by atoms with Gasteiger partial charge in [0.15, 0.2) is 0 Å². The summed E-state index contributed by atoms with van der Waals surface area (Å²) in [4.78, 5) is 0. The molecule has 0 spiro atoms. The Kier molecular flexibility index (Phi) is 4.67. The predicted octanol–water partition coefficient (Wildman–Crippen LogP) is 3.96. The van der Waals surface area contributed by atoms with Crippen LogP contribution in [0, 0.1) is 0 Å². The van der Waals surface area contributed by atoms with Crippen LogP contribution in [0.5, 0.6) is 5.75 Å². The van der Waals surface area contributed by atoms with Crippen molar-refractivity contribution in [2.75, 3.05) is 6.61 Å². The Bertz CT molecular complexity index is 370. The fourth-order valence-corrected chi connectivity index (χ4v) is 1.31. The Labute approximate surface area is 99.3 Å². The van der Waals surface area contributed by atoms with Gasteiger partial charge in [-0.1, -0.05) is 25.5 Å². The molecular formula is C12H15BF3O-. The Balaban J connectivity index is 2.50. The normalized spacial score (nSPS) is 11.3. The second-order valence-corrected chi connectivity index (χ2v) is 3.92. The molecule has 0 amide bonds. The first-order valence-electron chi connectivity index (χ1n) is 5.53. The molecule has 0 bridgehead atoms. The van der Waals surface area contributed by atoms with Gasteiger partial charge >= 0.3 is 6.98 Å². The highest BCUT2D eigenvalue weighted by Crippen LogP contribution is 2.20. The van der Waals surface area contributed by atoms with Gasteiger partial charge in [0.05, 0.1) is 6.61 Å². The van der Waals surface area contributed by atoms with E-state index in [1.54, 1.807) is 12.1 Å². The lowest BCUT2D eigenvalue weighted by Crippen LogP contribution is -2.23. The van der Waals surface area contributed by atoms with E-state index in [9.17, 15) is 12.9 Å². The quantitative estimate of drug-likeness (QED) is 0.687. The SMILES string of the molecule is C=C(COc1ccc(CCC)cc1)[B-](F)(F)F. The van der Waals surface area contributed by atoms with E-state index in [2.05, 4.69) is 13.5 Å². The molecule has 17 heavy (non-hydrogen) atoms. The van der Waals surface area contributed by atoms with E-state index in [0.29, 0.717) is 5.75 Å². The molecule has 0 aromatic heterocycles. The summed E-state index contributed by atoms with van der Waals surface area (Å²) in [7, 11) is 0. The van der Waals surface area contributed by atoms with E-state index in [4.69, 9.17) is 4.74 Å². The lowest BCUT2D eigenvalue weighted by molar-refractivity contribution is 0.346. The Morgan fingerprint density at radius 3 is 2.29 bits per heavy atom. The van der Waals surface area contributed by atoms with Crippen molar-refractivity contribution in [3.63, 3.8) is 0 Å². The molecule has 0 saturated carbocycles. The van der Waals surface area contributed by atoms with Crippen molar-refractivity contribution in [2.24, 2.45) is 0 Å². The summed E-state index contributed by atoms with van der Waals surface area (Å²) in [6.07, 6.45) is 1.99. The second-order valence-electron chi connectivity index (χ2n) is 3.92. The van der Waals surface area contributed by atoms with Crippen LogP contribution in [0.1, 0.15) is 18.9 Å². The molecule has 0 N–H and O–H groups in total. The molecule has 0 fully saturated rings. The van der Waals surface area contributed by atoms with Crippen LogP contribution < -0.4 is 4.74 Å². The van der Waals surface area contributed by atoms with Gasteiger partial charge in [0.25, 0.3) is 0 Å². The minimum absolute atomic E-state index is 0.436. The minimum atomic E-state index is -5.00. The zero-order valence-electron chi connectivity index (χ0n) is 9.76. The van der Waals surface area contributed by atoms with Crippen LogP contribution in [0.15, 0.2) is 36.3 Å². The summed E-state index contributed by atoms with van der Waals surface area (Å²) in [6, 6.07) is 7.09. The molecule has 5 heteroatoms.